The molecule has 0 aromatic heterocycles. The first-order chi connectivity index (χ1) is 10.9. The van der Waals surface area contributed by atoms with Crippen molar-refractivity contribution in [3.8, 4) is 0 Å². The second-order valence-electron chi connectivity index (χ2n) is 6.59. The first kappa shape index (κ1) is 17.2. The third-order valence-electron chi connectivity index (χ3n) is 4.76. The van der Waals surface area contributed by atoms with Crippen LogP contribution in [-0.4, -0.2) is 6.85 Å². The summed E-state index contributed by atoms with van der Waals surface area (Å²) in [4.78, 5) is 2.68. The maximum absolute atomic E-state index is 2.68. The average molecular weight is 297 g/mol. The number of hydrogen-bond donors (Lipinski definition) is 0. The zero-order valence-electron chi connectivity index (χ0n) is 14.6. The summed E-state index contributed by atoms with van der Waals surface area (Å²) in [5.74, 6) is 0. The van der Waals surface area contributed by atoms with Gasteiger partial charge in [-0.25, -0.2) is 0 Å². The first-order valence-electron chi connectivity index (χ1n) is 9.40. The maximum Gasteiger partial charge on any atom is 0.260 e. The summed E-state index contributed by atoms with van der Waals surface area (Å²) >= 11 is 0. The fourth-order valence-electron chi connectivity index (χ4n) is 3.52. The molecule has 0 aliphatic heterocycles. The molecule has 1 aromatic carbocycles. The number of benzene rings is 1. The minimum absolute atomic E-state index is 0.673. The van der Waals surface area contributed by atoms with E-state index in [1.54, 1.807) is 5.70 Å². The lowest BCUT2D eigenvalue weighted by molar-refractivity contribution is 0.692. The second kappa shape index (κ2) is 9.76. The lowest BCUT2D eigenvalue weighted by Crippen LogP contribution is -2.39. The fourth-order valence-corrected chi connectivity index (χ4v) is 3.52. The Morgan fingerprint density at radius 2 is 1.64 bits per heavy atom. The van der Waals surface area contributed by atoms with E-state index in [9.17, 15) is 0 Å². The van der Waals surface area contributed by atoms with E-state index in [4.69, 9.17) is 0 Å². The summed E-state index contributed by atoms with van der Waals surface area (Å²) in [6.07, 6.45) is 15.6. The predicted octanol–water partition coefficient (Wildman–Crippen LogP) is 6.54. The van der Waals surface area contributed by atoms with Gasteiger partial charge >= 0.3 is 0 Å². The molecule has 0 heterocycles. The van der Waals surface area contributed by atoms with Gasteiger partial charge in [0.05, 0.1) is 0 Å². The van der Waals surface area contributed by atoms with Crippen molar-refractivity contribution in [2.24, 2.45) is 0 Å². The minimum Gasteiger partial charge on any atom is -0.390 e. The molecule has 0 bridgehead atoms. The molecule has 120 valence electrons. The van der Waals surface area contributed by atoms with Crippen LogP contribution in [0.2, 0.25) is 12.6 Å². The average Bonchev–Trinajstić information content (AvgIpc) is 2.59. The highest BCUT2D eigenvalue weighted by Crippen LogP contribution is 2.30. The summed E-state index contributed by atoms with van der Waals surface area (Å²) in [5.41, 5.74) is 2.97. The molecular weight excluding hydrogens is 265 g/mol. The van der Waals surface area contributed by atoms with Crippen LogP contribution in [0.3, 0.4) is 0 Å². The number of hydrogen-bond acceptors (Lipinski definition) is 1. The molecule has 0 amide bonds. The summed E-state index contributed by atoms with van der Waals surface area (Å²) in [7, 11) is 0. The van der Waals surface area contributed by atoms with Gasteiger partial charge in [-0.15, -0.1) is 0 Å². The van der Waals surface area contributed by atoms with Crippen molar-refractivity contribution >= 4 is 12.5 Å². The fraction of sp³-hybridized carbons (Fsp3) is 0.600. The van der Waals surface area contributed by atoms with Crippen LogP contribution in [0.1, 0.15) is 65.2 Å². The van der Waals surface area contributed by atoms with Crippen LogP contribution in [-0.2, 0) is 0 Å². The SMILES string of the molecule is CCCCB(CCCC)N(C1=CCCCC1)c1ccccc1. The molecule has 2 heteroatoms. The molecule has 1 aromatic rings. The lowest BCUT2D eigenvalue weighted by atomic mass is 9.52. The molecular formula is C20H32BN. The van der Waals surface area contributed by atoms with Gasteiger partial charge in [-0.2, -0.15) is 0 Å². The molecule has 0 saturated heterocycles. The van der Waals surface area contributed by atoms with Gasteiger partial charge in [-0.1, -0.05) is 76.4 Å². The molecule has 0 radical (unpaired) electrons. The minimum atomic E-state index is 0.673. The van der Waals surface area contributed by atoms with Gasteiger partial charge in [-0.3, -0.25) is 0 Å². The normalized spacial score (nSPS) is 14.5. The number of unbranched alkanes of at least 4 members (excludes halogenated alkanes) is 2. The van der Waals surface area contributed by atoms with Crippen molar-refractivity contribution in [2.45, 2.75) is 77.9 Å². The number of nitrogens with zero attached hydrogens (tertiary/aromatic N) is 1. The molecule has 1 nitrogen and oxygen atoms in total. The molecule has 0 N–H and O–H groups in total. The molecule has 0 unspecified atom stereocenters. The third-order valence-corrected chi connectivity index (χ3v) is 4.76. The van der Waals surface area contributed by atoms with Gasteiger partial charge in [0, 0.05) is 11.4 Å². The Hall–Kier alpha value is -1.18. The summed E-state index contributed by atoms with van der Waals surface area (Å²) in [6, 6.07) is 11.1. The van der Waals surface area contributed by atoms with Crippen LogP contribution in [0.25, 0.3) is 0 Å². The van der Waals surface area contributed by atoms with E-state index < -0.39 is 0 Å². The predicted molar refractivity (Wildman–Crippen MR) is 101 cm³/mol. The Morgan fingerprint density at radius 1 is 0.955 bits per heavy atom. The van der Waals surface area contributed by atoms with Crippen molar-refractivity contribution in [2.75, 3.05) is 4.81 Å². The van der Waals surface area contributed by atoms with Crippen LogP contribution >= 0.6 is 0 Å². The van der Waals surface area contributed by atoms with Crippen LogP contribution in [0.4, 0.5) is 5.69 Å². The second-order valence-corrected chi connectivity index (χ2v) is 6.59. The van der Waals surface area contributed by atoms with E-state index in [0.717, 1.165) is 0 Å². The Morgan fingerprint density at radius 3 is 2.18 bits per heavy atom. The van der Waals surface area contributed by atoms with E-state index in [1.807, 2.05) is 0 Å². The van der Waals surface area contributed by atoms with Crippen molar-refractivity contribution in [3.63, 3.8) is 0 Å². The summed E-state index contributed by atoms with van der Waals surface area (Å²) in [5, 5.41) is 0. The van der Waals surface area contributed by atoms with Gasteiger partial charge in [0.1, 0.15) is 0 Å². The highest BCUT2D eigenvalue weighted by atomic mass is 15.1. The standard InChI is InChI=1S/C20H32BN/c1-3-5-17-21(18-6-4-2)22(19-13-9-7-10-14-19)20-15-11-8-12-16-20/h7,9-10,13-15H,3-6,8,11-12,16-18H2,1-2H3. The molecule has 0 spiro atoms. The van der Waals surface area contributed by atoms with Gasteiger partial charge in [-0.05, 0) is 37.8 Å². The lowest BCUT2D eigenvalue weighted by Gasteiger charge is -2.36. The largest absolute Gasteiger partial charge is 0.390 e. The van der Waals surface area contributed by atoms with Crippen LogP contribution < -0.4 is 4.81 Å². The van der Waals surface area contributed by atoms with E-state index >= 15 is 0 Å². The first-order valence-corrected chi connectivity index (χ1v) is 9.40. The van der Waals surface area contributed by atoms with Crippen LogP contribution in [0.15, 0.2) is 42.1 Å². The number of allylic oxidation sites excluding steroid dienone is 2. The molecule has 0 saturated carbocycles. The summed E-state index contributed by atoms with van der Waals surface area (Å²) < 4.78 is 0. The monoisotopic (exact) mass is 297 g/mol. The molecule has 22 heavy (non-hydrogen) atoms. The molecule has 0 fully saturated rings. The van der Waals surface area contributed by atoms with Crippen LogP contribution in [0.5, 0.6) is 0 Å². The van der Waals surface area contributed by atoms with E-state index in [-0.39, 0.29) is 0 Å². The van der Waals surface area contributed by atoms with E-state index in [0.29, 0.717) is 6.85 Å². The smallest absolute Gasteiger partial charge is 0.260 e. The highest BCUT2D eigenvalue weighted by molar-refractivity contribution is 6.64. The van der Waals surface area contributed by atoms with E-state index in [1.165, 1.54) is 69.7 Å². The van der Waals surface area contributed by atoms with Gasteiger partial charge < -0.3 is 4.81 Å². The van der Waals surface area contributed by atoms with Crippen molar-refractivity contribution < 1.29 is 0 Å². The van der Waals surface area contributed by atoms with Crippen molar-refractivity contribution in [1.82, 2.24) is 0 Å². The Labute approximate surface area is 137 Å². The molecule has 0 atom stereocenters. The number of rotatable bonds is 9. The van der Waals surface area contributed by atoms with Crippen molar-refractivity contribution in [1.29, 1.82) is 0 Å². The highest BCUT2D eigenvalue weighted by Gasteiger charge is 2.26. The quantitative estimate of drug-likeness (QED) is 0.467. The summed E-state index contributed by atoms with van der Waals surface area (Å²) in [6.45, 7) is 5.29. The Balaban J connectivity index is 2.25. The molecule has 1 aliphatic carbocycles. The third kappa shape index (κ3) is 4.93. The Bertz CT molecular complexity index is 432. The topological polar surface area (TPSA) is 3.24 Å². The zero-order chi connectivity index (χ0) is 15.6. The van der Waals surface area contributed by atoms with Gasteiger partial charge in [0.25, 0.3) is 6.85 Å². The maximum atomic E-state index is 2.68. The zero-order valence-corrected chi connectivity index (χ0v) is 14.6. The van der Waals surface area contributed by atoms with E-state index in [2.05, 4.69) is 55.1 Å². The number of anilines is 1. The Kier molecular flexibility index (Phi) is 7.63. The van der Waals surface area contributed by atoms with Gasteiger partial charge in [0.15, 0.2) is 0 Å². The van der Waals surface area contributed by atoms with Gasteiger partial charge in [0.2, 0.25) is 0 Å². The van der Waals surface area contributed by atoms with Crippen molar-refractivity contribution in [3.05, 3.63) is 42.1 Å². The van der Waals surface area contributed by atoms with Crippen LogP contribution in [0, 0.1) is 0 Å². The molecule has 1 aliphatic rings. The number of para-hydroxylation sites is 1. The molecule has 2 rings (SSSR count).